The van der Waals surface area contributed by atoms with Gasteiger partial charge in [-0.1, -0.05) is 42.0 Å². The van der Waals surface area contributed by atoms with Gasteiger partial charge in [0.2, 0.25) is 0 Å². The molecule has 2 heterocycles. The van der Waals surface area contributed by atoms with Crippen molar-refractivity contribution in [2.75, 3.05) is 19.6 Å². The summed E-state index contributed by atoms with van der Waals surface area (Å²) >= 11 is 0. The lowest BCUT2D eigenvalue weighted by Crippen LogP contribution is -2.38. The molecule has 4 rings (SSSR count). The Hall–Kier alpha value is -3.25. The maximum Gasteiger partial charge on any atom is 0.350 e. The summed E-state index contributed by atoms with van der Waals surface area (Å²) in [5.74, 6) is 0. The number of aldehydes is 1. The number of hydrogen-bond donors (Lipinski definition) is 0. The second kappa shape index (κ2) is 9.05. The Morgan fingerprint density at radius 1 is 1.03 bits per heavy atom. The first kappa shape index (κ1) is 20.0. The van der Waals surface area contributed by atoms with E-state index in [0.29, 0.717) is 5.56 Å². The second-order valence-electron chi connectivity index (χ2n) is 7.85. The Morgan fingerprint density at radius 3 is 2.40 bits per heavy atom. The van der Waals surface area contributed by atoms with Crippen molar-refractivity contribution >= 4 is 12.4 Å². The fourth-order valence-electron chi connectivity index (χ4n) is 4.01. The van der Waals surface area contributed by atoms with Crippen molar-refractivity contribution in [2.45, 2.75) is 25.8 Å². The van der Waals surface area contributed by atoms with Crippen LogP contribution in [-0.4, -0.2) is 45.2 Å². The molecule has 0 radical (unpaired) electrons. The van der Waals surface area contributed by atoms with Gasteiger partial charge in [0.25, 0.3) is 0 Å². The molecule has 1 saturated heterocycles. The molecule has 1 fully saturated rings. The Labute approximate surface area is 176 Å². The summed E-state index contributed by atoms with van der Waals surface area (Å²) in [6.45, 7) is 4.99. The number of benzene rings is 2. The molecule has 0 spiro atoms. The standard InChI is InChI=1S/C24H26N4O2/c1-19(15-20-5-3-2-4-6-20)16-26-13-11-23(12-14-26)28-24(30)27(18-25-28)22-9-7-21(17-29)8-10-22/h2-10,15,17-18,23H,11-14,16H2,1H3. The van der Waals surface area contributed by atoms with Gasteiger partial charge in [0.1, 0.15) is 12.6 Å². The van der Waals surface area contributed by atoms with Gasteiger partial charge in [0.05, 0.1) is 11.7 Å². The van der Waals surface area contributed by atoms with Gasteiger partial charge in [-0.3, -0.25) is 9.69 Å². The Morgan fingerprint density at radius 2 is 1.73 bits per heavy atom. The maximum absolute atomic E-state index is 12.9. The SMILES string of the molecule is CC(=Cc1ccccc1)CN1CCC(n2ncn(-c3ccc(C=O)cc3)c2=O)CC1. The molecule has 0 saturated carbocycles. The van der Waals surface area contributed by atoms with Crippen molar-refractivity contribution in [1.29, 1.82) is 0 Å². The van der Waals surface area contributed by atoms with E-state index >= 15 is 0 Å². The monoisotopic (exact) mass is 402 g/mol. The quantitative estimate of drug-likeness (QED) is 0.591. The van der Waals surface area contributed by atoms with Crippen molar-refractivity contribution in [3.8, 4) is 5.69 Å². The molecule has 0 amide bonds. The van der Waals surface area contributed by atoms with Crippen molar-refractivity contribution in [3.63, 3.8) is 0 Å². The summed E-state index contributed by atoms with van der Waals surface area (Å²) in [6, 6.07) is 17.4. The maximum atomic E-state index is 12.9. The van der Waals surface area contributed by atoms with E-state index in [1.165, 1.54) is 15.7 Å². The van der Waals surface area contributed by atoms with Gasteiger partial charge in [-0.25, -0.2) is 14.0 Å². The number of hydrogen-bond acceptors (Lipinski definition) is 4. The van der Waals surface area contributed by atoms with E-state index in [1.54, 1.807) is 35.3 Å². The highest BCUT2D eigenvalue weighted by Crippen LogP contribution is 2.21. The second-order valence-corrected chi connectivity index (χ2v) is 7.85. The molecule has 1 aromatic heterocycles. The van der Waals surface area contributed by atoms with E-state index in [9.17, 15) is 9.59 Å². The zero-order valence-electron chi connectivity index (χ0n) is 17.1. The predicted octanol–water partition coefficient (Wildman–Crippen LogP) is 3.59. The Kier molecular flexibility index (Phi) is 6.05. The molecule has 6 nitrogen and oxygen atoms in total. The van der Waals surface area contributed by atoms with Gasteiger partial charge in [-0.2, -0.15) is 5.10 Å². The van der Waals surface area contributed by atoms with Crippen LogP contribution >= 0.6 is 0 Å². The summed E-state index contributed by atoms with van der Waals surface area (Å²) in [4.78, 5) is 26.1. The fraction of sp³-hybridized carbons (Fsp3) is 0.292. The van der Waals surface area contributed by atoms with Crippen LogP contribution in [0, 0.1) is 0 Å². The zero-order chi connectivity index (χ0) is 20.9. The van der Waals surface area contributed by atoms with Gasteiger partial charge >= 0.3 is 5.69 Å². The van der Waals surface area contributed by atoms with Crippen molar-refractivity contribution in [1.82, 2.24) is 19.2 Å². The molecule has 30 heavy (non-hydrogen) atoms. The smallest absolute Gasteiger partial charge is 0.299 e. The lowest BCUT2D eigenvalue weighted by Gasteiger charge is -2.31. The molecule has 6 heteroatoms. The lowest BCUT2D eigenvalue weighted by atomic mass is 10.0. The van der Waals surface area contributed by atoms with Crippen LogP contribution in [-0.2, 0) is 0 Å². The topological polar surface area (TPSA) is 60.1 Å². The van der Waals surface area contributed by atoms with Gasteiger partial charge < -0.3 is 0 Å². The molecule has 1 aliphatic rings. The molecule has 1 aliphatic heterocycles. The van der Waals surface area contributed by atoms with Crippen LogP contribution in [0.25, 0.3) is 11.8 Å². The average molecular weight is 402 g/mol. The number of carbonyl (C=O) groups is 1. The molecular weight excluding hydrogens is 376 g/mol. The number of rotatable bonds is 6. The van der Waals surface area contributed by atoms with Crippen molar-refractivity contribution in [3.05, 3.63) is 88.1 Å². The van der Waals surface area contributed by atoms with Gasteiger partial charge in [0.15, 0.2) is 0 Å². The van der Waals surface area contributed by atoms with Gasteiger partial charge in [0, 0.05) is 25.2 Å². The number of likely N-dealkylation sites (tertiary alicyclic amines) is 1. The summed E-state index contributed by atoms with van der Waals surface area (Å²) in [5, 5.41) is 4.37. The first-order chi connectivity index (χ1) is 14.6. The molecule has 2 aromatic carbocycles. The van der Waals surface area contributed by atoms with Crippen molar-refractivity contribution in [2.24, 2.45) is 0 Å². The molecule has 0 atom stereocenters. The van der Waals surface area contributed by atoms with Crippen LogP contribution in [0.3, 0.4) is 0 Å². The largest absolute Gasteiger partial charge is 0.350 e. The van der Waals surface area contributed by atoms with Crippen LogP contribution in [0.5, 0.6) is 0 Å². The number of piperidine rings is 1. The van der Waals surface area contributed by atoms with Crippen LogP contribution in [0.4, 0.5) is 0 Å². The minimum atomic E-state index is -0.132. The predicted molar refractivity (Wildman–Crippen MR) is 118 cm³/mol. The van der Waals surface area contributed by atoms with Crippen LogP contribution in [0.15, 0.2) is 71.3 Å². The molecular formula is C24H26N4O2. The summed E-state index contributed by atoms with van der Waals surface area (Å²) in [6.07, 6.45) is 6.39. The van der Waals surface area contributed by atoms with E-state index in [1.807, 2.05) is 6.07 Å². The minimum absolute atomic E-state index is 0.114. The van der Waals surface area contributed by atoms with Crippen LogP contribution in [0.2, 0.25) is 0 Å². The van der Waals surface area contributed by atoms with E-state index < -0.39 is 0 Å². The van der Waals surface area contributed by atoms with E-state index in [-0.39, 0.29) is 11.7 Å². The summed E-state index contributed by atoms with van der Waals surface area (Å²) in [5.41, 5.74) is 3.73. The Bertz CT molecular complexity index is 1070. The highest BCUT2D eigenvalue weighted by molar-refractivity contribution is 5.75. The fourth-order valence-corrected chi connectivity index (χ4v) is 4.01. The van der Waals surface area contributed by atoms with Crippen molar-refractivity contribution < 1.29 is 4.79 Å². The summed E-state index contributed by atoms with van der Waals surface area (Å²) < 4.78 is 3.14. The first-order valence-corrected chi connectivity index (χ1v) is 10.3. The Balaban J connectivity index is 1.38. The molecule has 3 aromatic rings. The van der Waals surface area contributed by atoms with Crippen LogP contribution < -0.4 is 5.69 Å². The summed E-state index contributed by atoms with van der Waals surface area (Å²) in [7, 11) is 0. The molecule has 0 unspecified atom stereocenters. The molecule has 0 bridgehead atoms. The van der Waals surface area contributed by atoms with E-state index in [4.69, 9.17) is 0 Å². The molecule has 0 aliphatic carbocycles. The van der Waals surface area contributed by atoms with Crippen LogP contribution in [0.1, 0.15) is 41.7 Å². The highest BCUT2D eigenvalue weighted by Gasteiger charge is 2.23. The molecule has 154 valence electrons. The third-order valence-electron chi connectivity index (χ3n) is 5.59. The number of aromatic nitrogens is 3. The van der Waals surface area contributed by atoms with Gasteiger partial charge in [-0.05, 0) is 49.6 Å². The highest BCUT2D eigenvalue weighted by atomic mass is 16.2. The van der Waals surface area contributed by atoms with E-state index in [0.717, 1.165) is 44.4 Å². The normalized spacial score (nSPS) is 16.0. The third kappa shape index (κ3) is 4.49. The number of nitrogens with zero attached hydrogens (tertiary/aromatic N) is 4. The van der Waals surface area contributed by atoms with E-state index in [2.05, 4.69) is 47.3 Å². The minimum Gasteiger partial charge on any atom is -0.299 e. The van der Waals surface area contributed by atoms with Gasteiger partial charge in [-0.15, -0.1) is 0 Å². The third-order valence-corrected chi connectivity index (χ3v) is 5.59. The lowest BCUT2D eigenvalue weighted by molar-refractivity contribution is 0.112. The molecule has 0 N–H and O–H groups in total. The zero-order valence-corrected chi connectivity index (χ0v) is 17.1. The first-order valence-electron chi connectivity index (χ1n) is 10.3. The number of carbonyl (C=O) groups excluding carboxylic acids is 1. The average Bonchev–Trinajstić information content (AvgIpc) is 3.16.